The molecule has 5 amide bonds. The molecule has 0 rings (SSSR count). The molecule has 5 N–H and O–H groups in total. The van der Waals surface area contributed by atoms with Gasteiger partial charge in [0.15, 0.2) is 0 Å². The third-order valence-electron chi connectivity index (χ3n) is 1.95. The Bertz CT molecular complexity index is 393. The molecule has 0 heterocycles. The number of rotatable bonds is 6. The minimum Gasteiger partial charge on any atom is -0.341 e. The fourth-order valence-corrected chi connectivity index (χ4v) is 0.994. The number of carbonyl (C=O) groups excluding carboxylic acids is 4. The van der Waals surface area contributed by atoms with Gasteiger partial charge in [0.25, 0.3) is 5.91 Å². The molecule has 0 atom stereocenters. The number of carbonyl (C=O) groups is 4. The Balaban J connectivity index is 3.98. The molecule has 106 valence electrons. The highest BCUT2D eigenvalue weighted by atomic mass is 16.5. The molecule has 0 aliphatic rings. The van der Waals surface area contributed by atoms with Crippen LogP contribution in [-0.4, -0.2) is 36.0 Å². The predicted molar refractivity (Wildman–Crippen MR) is 63.7 cm³/mol. The van der Waals surface area contributed by atoms with Gasteiger partial charge in [-0.2, -0.15) is 0 Å². The van der Waals surface area contributed by atoms with Gasteiger partial charge < -0.3 is 10.6 Å². The van der Waals surface area contributed by atoms with Crippen molar-refractivity contribution in [2.75, 3.05) is 7.05 Å². The van der Waals surface area contributed by atoms with Crippen LogP contribution in [0.25, 0.3) is 0 Å². The summed E-state index contributed by atoms with van der Waals surface area (Å²) in [4.78, 5) is 44.1. The molecule has 9 nitrogen and oxygen atoms in total. The van der Waals surface area contributed by atoms with E-state index in [0.717, 1.165) is 0 Å². The van der Waals surface area contributed by atoms with E-state index < -0.39 is 23.8 Å². The van der Waals surface area contributed by atoms with Gasteiger partial charge in [-0.05, 0) is 6.42 Å². The lowest BCUT2D eigenvalue weighted by molar-refractivity contribution is -0.129. The fourth-order valence-electron chi connectivity index (χ4n) is 0.994. The SMILES string of the molecule is C=C(NC(=O)CCCC(=O)NO)C(=O)NC(=O)NC. The second-order valence-corrected chi connectivity index (χ2v) is 3.45. The van der Waals surface area contributed by atoms with Crippen molar-refractivity contribution in [3.63, 3.8) is 0 Å². The standard InChI is InChI=1S/C10H16N4O5/c1-6(9(17)13-10(18)11-2)12-7(15)4-3-5-8(16)14-19/h19H,1,3-5H2,2H3,(H,12,15)(H,14,16)(H2,11,13,17,18). The van der Waals surface area contributed by atoms with Crippen molar-refractivity contribution in [1.82, 2.24) is 21.4 Å². The monoisotopic (exact) mass is 272 g/mol. The molecule has 0 saturated heterocycles. The largest absolute Gasteiger partial charge is 0.341 e. The van der Waals surface area contributed by atoms with Crippen molar-refractivity contribution in [1.29, 1.82) is 0 Å². The molecule has 0 aromatic heterocycles. The van der Waals surface area contributed by atoms with E-state index in [1.54, 1.807) is 0 Å². The topological polar surface area (TPSA) is 137 Å². The quantitative estimate of drug-likeness (QED) is 0.234. The molecular weight excluding hydrogens is 256 g/mol. The molecule has 0 aromatic rings. The van der Waals surface area contributed by atoms with E-state index in [1.165, 1.54) is 12.5 Å². The van der Waals surface area contributed by atoms with Gasteiger partial charge in [-0.1, -0.05) is 6.58 Å². The summed E-state index contributed by atoms with van der Waals surface area (Å²) in [5, 5.41) is 14.5. The van der Waals surface area contributed by atoms with Crippen LogP contribution in [-0.2, 0) is 14.4 Å². The molecule has 19 heavy (non-hydrogen) atoms. The van der Waals surface area contributed by atoms with Crippen LogP contribution < -0.4 is 21.4 Å². The Labute approximate surface area is 109 Å². The predicted octanol–water partition coefficient (Wildman–Crippen LogP) is -1.25. The average molecular weight is 272 g/mol. The first kappa shape index (κ1) is 16.6. The van der Waals surface area contributed by atoms with E-state index >= 15 is 0 Å². The van der Waals surface area contributed by atoms with E-state index in [1.807, 2.05) is 5.32 Å². The zero-order valence-corrected chi connectivity index (χ0v) is 10.4. The summed E-state index contributed by atoms with van der Waals surface area (Å²) in [6, 6.07) is -0.722. The Morgan fingerprint density at radius 1 is 1.05 bits per heavy atom. The Kier molecular flexibility index (Phi) is 7.54. The van der Waals surface area contributed by atoms with Crippen LogP contribution >= 0.6 is 0 Å². The molecule has 0 aromatic carbocycles. The molecule has 9 heteroatoms. The van der Waals surface area contributed by atoms with Crippen LogP contribution in [0.5, 0.6) is 0 Å². The smallest absolute Gasteiger partial charge is 0.321 e. The highest BCUT2D eigenvalue weighted by Crippen LogP contribution is 1.96. The van der Waals surface area contributed by atoms with Gasteiger partial charge >= 0.3 is 6.03 Å². The van der Waals surface area contributed by atoms with Gasteiger partial charge in [0.1, 0.15) is 0 Å². The number of urea groups is 1. The summed E-state index contributed by atoms with van der Waals surface area (Å²) in [6.45, 7) is 3.30. The van der Waals surface area contributed by atoms with Gasteiger partial charge in [-0.25, -0.2) is 10.3 Å². The molecular formula is C10H16N4O5. The fraction of sp³-hybridized carbons (Fsp3) is 0.400. The van der Waals surface area contributed by atoms with Crippen LogP contribution in [0.2, 0.25) is 0 Å². The first-order valence-corrected chi connectivity index (χ1v) is 5.35. The summed E-state index contributed by atoms with van der Waals surface area (Å²) in [7, 11) is 1.33. The zero-order chi connectivity index (χ0) is 14.8. The van der Waals surface area contributed by atoms with Crippen molar-refractivity contribution < 1.29 is 24.4 Å². The third kappa shape index (κ3) is 7.49. The molecule has 0 saturated carbocycles. The minimum atomic E-state index is -0.833. The zero-order valence-electron chi connectivity index (χ0n) is 10.4. The van der Waals surface area contributed by atoms with E-state index in [-0.39, 0.29) is 25.0 Å². The first-order chi connectivity index (χ1) is 8.90. The van der Waals surface area contributed by atoms with Crippen LogP contribution in [0.1, 0.15) is 19.3 Å². The molecule has 0 unspecified atom stereocenters. The van der Waals surface area contributed by atoms with E-state index in [9.17, 15) is 19.2 Å². The number of hydrogen-bond donors (Lipinski definition) is 5. The van der Waals surface area contributed by atoms with Crippen molar-refractivity contribution in [2.24, 2.45) is 0 Å². The lowest BCUT2D eigenvalue weighted by Gasteiger charge is -2.08. The maximum Gasteiger partial charge on any atom is 0.321 e. The van der Waals surface area contributed by atoms with Crippen molar-refractivity contribution >= 4 is 23.8 Å². The van der Waals surface area contributed by atoms with Crippen molar-refractivity contribution in [2.45, 2.75) is 19.3 Å². The summed E-state index contributed by atoms with van der Waals surface area (Å²) >= 11 is 0. The molecule has 0 aliphatic carbocycles. The van der Waals surface area contributed by atoms with E-state index in [0.29, 0.717) is 0 Å². The molecule has 0 bridgehead atoms. The number of hydroxylamine groups is 1. The Morgan fingerprint density at radius 3 is 2.16 bits per heavy atom. The van der Waals surface area contributed by atoms with Gasteiger partial charge in [-0.3, -0.25) is 24.9 Å². The van der Waals surface area contributed by atoms with Gasteiger partial charge in [-0.15, -0.1) is 0 Å². The summed E-state index contributed by atoms with van der Waals surface area (Å²) < 4.78 is 0. The number of hydrogen-bond acceptors (Lipinski definition) is 5. The van der Waals surface area contributed by atoms with Crippen molar-refractivity contribution in [3.05, 3.63) is 12.3 Å². The van der Waals surface area contributed by atoms with Crippen molar-refractivity contribution in [3.8, 4) is 0 Å². The van der Waals surface area contributed by atoms with Crippen LogP contribution in [0.15, 0.2) is 12.3 Å². The Hall–Kier alpha value is -2.42. The maximum atomic E-state index is 11.3. The highest BCUT2D eigenvalue weighted by Gasteiger charge is 2.13. The molecule has 0 radical (unpaired) electrons. The summed E-state index contributed by atoms with van der Waals surface area (Å²) in [5.41, 5.74) is 1.15. The third-order valence-corrected chi connectivity index (χ3v) is 1.95. The number of nitrogens with one attached hydrogen (secondary N) is 4. The molecule has 0 spiro atoms. The van der Waals surface area contributed by atoms with Gasteiger partial charge in [0.2, 0.25) is 11.8 Å². The lowest BCUT2D eigenvalue weighted by atomic mass is 10.2. The second-order valence-electron chi connectivity index (χ2n) is 3.45. The maximum absolute atomic E-state index is 11.3. The lowest BCUT2D eigenvalue weighted by Crippen LogP contribution is -2.41. The van der Waals surface area contributed by atoms with Crippen LogP contribution in [0, 0.1) is 0 Å². The van der Waals surface area contributed by atoms with Crippen LogP contribution in [0.4, 0.5) is 4.79 Å². The minimum absolute atomic E-state index is 0.0270. The van der Waals surface area contributed by atoms with Gasteiger partial charge in [0, 0.05) is 19.9 Å². The summed E-state index contributed by atoms with van der Waals surface area (Å²) in [6.07, 6.45) is 0.142. The van der Waals surface area contributed by atoms with E-state index in [2.05, 4.69) is 17.2 Å². The van der Waals surface area contributed by atoms with E-state index in [4.69, 9.17) is 5.21 Å². The average Bonchev–Trinajstić information content (AvgIpc) is 2.37. The first-order valence-electron chi connectivity index (χ1n) is 5.35. The Morgan fingerprint density at radius 2 is 1.63 bits per heavy atom. The highest BCUT2D eigenvalue weighted by molar-refractivity contribution is 6.05. The number of imide groups is 1. The second kappa shape index (κ2) is 8.64. The normalized spacial score (nSPS) is 9.16. The van der Waals surface area contributed by atoms with Crippen LogP contribution in [0.3, 0.4) is 0 Å². The summed E-state index contributed by atoms with van der Waals surface area (Å²) in [5.74, 6) is -1.97. The molecule has 0 aliphatic heterocycles. The number of amides is 5. The molecule has 0 fully saturated rings. The van der Waals surface area contributed by atoms with Gasteiger partial charge in [0.05, 0.1) is 5.70 Å².